The van der Waals surface area contributed by atoms with E-state index >= 15 is 0 Å². The van der Waals surface area contributed by atoms with Crippen LogP contribution in [0.5, 0.6) is 0 Å². The van der Waals surface area contributed by atoms with Crippen LogP contribution >= 0.6 is 27.5 Å². The van der Waals surface area contributed by atoms with Crippen molar-refractivity contribution in [2.75, 3.05) is 0 Å². The predicted octanol–water partition coefficient (Wildman–Crippen LogP) is 4.82. The fourth-order valence-corrected chi connectivity index (χ4v) is 2.63. The lowest BCUT2D eigenvalue weighted by Crippen LogP contribution is -2.27. The molecule has 19 heavy (non-hydrogen) atoms. The summed E-state index contributed by atoms with van der Waals surface area (Å²) in [7, 11) is 0. The molecule has 0 aromatic heterocycles. The Hall–Kier alpha value is -0.830. The van der Waals surface area contributed by atoms with Gasteiger partial charge in [0.05, 0.1) is 0 Å². The van der Waals surface area contributed by atoms with Crippen molar-refractivity contribution in [1.82, 2.24) is 5.32 Å². The molecule has 2 aromatic carbocycles. The fraction of sp³-hybridized carbons (Fsp3) is 0.250. The SMILES string of the molecule is CC(Cc1ccccc1Cl)NCc1ccccc1Br. The van der Waals surface area contributed by atoms with E-state index in [1.54, 1.807) is 0 Å². The van der Waals surface area contributed by atoms with Gasteiger partial charge in [0.2, 0.25) is 0 Å². The van der Waals surface area contributed by atoms with Crippen LogP contribution in [0.4, 0.5) is 0 Å². The summed E-state index contributed by atoms with van der Waals surface area (Å²) in [5, 5.41) is 4.37. The van der Waals surface area contributed by atoms with Gasteiger partial charge in [0.25, 0.3) is 0 Å². The van der Waals surface area contributed by atoms with Gasteiger partial charge in [0.1, 0.15) is 0 Å². The molecule has 1 nitrogen and oxygen atoms in total. The van der Waals surface area contributed by atoms with Gasteiger partial charge in [-0.1, -0.05) is 63.9 Å². The molecular weight excluding hydrogens is 322 g/mol. The highest BCUT2D eigenvalue weighted by atomic mass is 79.9. The van der Waals surface area contributed by atoms with Gasteiger partial charge in [0.15, 0.2) is 0 Å². The van der Waals surface area contributed by atoms with Crippen LogP contribution in [0.15, 0.2) is 53.0 Å². The standard InChI is InChI=1S/C16H17BrClN/c1-12(10-13-6-3-5-9-16(13)18)19-11-14-7-2-4-8-15(14)17/h2-9,12,19H,10-11H2,1H3. The summed E-state index contributed by atoms with van der Waals surface area (Å²) in [6.07, 6.45) is 0.935. The molecule has 100 valence electrons. The van der Waals surface area contributed by atoms with Gasteiger partial charge >= 0.3 is 0 Å². The minimum Gasteiger partial charge on any atom is -0.310 e. The fourth-order valence-electron chi connectivity index (χ4n) is 1.99. The van der Waals surface area contributed by atoms with Crippen LogP contribution in [0.3, 0.4) is 0 Å². The molecule has 0 spiro atoms. The largest absolute Gasteiger partial charge is 0.310 e. The molecule has 0 saturated carbocycles. The highest BCUT2D eigenvalue weighted by molar-refractivity contribution is 9.10. The van der Waals surface area contributed by atoms with Crippen LogP contribution in [-0.4, -0.2) is 6.04 Å². The van der Waals surface area contributed by atoms with Gasteiger partial charge < -0.3 is 5.32 Å². The van der Waals surface area contributed by atoms with Gasteiger partial charge in [-0.2, -0.15) is 0 Å². The van der Waals surface area contributed by atoms with E-state index in [-0.39, 0.29) is 0 Å². The average molecular weight is 339 g/mol. The van der Waals surface area contributed by atoms with Crippen LogP contribution in [0.2, 0.25) is 5.02 Å². The number of benzene rings is 2. The minimum atomic E-state index is 0.381. The number of nitrogens with one attached hydrogen (secondary N) is 1. The van der Waals surface area contributed by atoms with E-state index in [0.717, 1.165) is 22.5 Å². The summed E-state index contributed by atoms with van der Waals surface area (Å²) < 4.78 is 1.15. The third-order valence-corrected chi connectivity index (χ3v) is 4.23. The number of hydrogen-bond acceptors (Lipinski definition) is 1. The first-order valence-electron chi connectivity index (χ1n) is 6.37. The third-order valence-electron chi connectivity index (χ3n) is 3.08. The lowest BCUT2D eigenvalue weighted by atomic mass is 10.1. The summed E-state index contributed by atoms with van der Waals surface area (Å²) in [6, 6.07) is 16.7. The van der Waals surface area contributed by atoms with Crippen molar-refractivity contribution >= 4 is 27.5 Å². The smallest absolute Gasteiger partial charge is 0.0438 e. The Morgan fingerprint density at radius 2 is 1.68 bits per heavy atom. The van der Waals surface area contributed by atoms with Crippen LogP contribution < -0.4 is 5.32 Å². The van der Waals surface area contributed by atoms with E-state index in [1.807, 2.05) is 24.3 Å². The molecule has 2 aromatic rings. The second-order valence-electron chi connectivity index (χ2n) is 4.67. The van der Waals surface area contributed by atoms with Crippen LogP contribution in [0.1, 0.15) is 18.1 Å². The number of halogens is 2. The lowest BCUT2D eigenvalue weighted by Gasteiger charge is -2.15. The zero-order valence-electron chi connectivity index (χ0n) is 10.9. The highest BCUT2D eigenvalue weighted by Gasteiger charge is 2.07. The molecule has 1 N–H and O–H groups in total. The summed E-state index contributed by atoms with van der Waals surface area (Å²) >= 11 is 9.74. The Labute approximate surface area is 128 Å². The van der Waals surface area contributed by atoms with Crippen molar-refractivity contribution in [2.24, 2.45) is 0 Å². The lowest BCUT2D eigenvalue weighted by molar-refractivity contribution is 0.545. The van der Waals surface area contributed by atoms with Crippen molar-refractivity contribution in [3.8, 4) is 0 Å². The van der Waals surface area contributed by atoms with Crippen molar-refractivity contribution in [3.05, 3.63) is 69.2 Å². The van der Waals surface area contributed by atoms with Gasteiger partial charge in [-0.15, -0.1) is 0 Å². The molecule has 1 unspecified atom stereocenters. The van der Waals surface area contributed by atoms with E-state index in [2.05, 4.69) is 52.4 Å². The van der Waals surface area contributed by atoms with Gasteiger partial charge in [-0.25, -0.2) is 0 Å². The molecule has 0 aliphatic heterocycles. The monoisotopic (exact) mass is 337 g/mol. The average Bonchev–Trinajstić information content (AvgIpc) is 2.40. The number of rotatable bonds is 5. The Balaban J connectivity index is 1.90. The van der Waals surface area contributed by atoms with Crippen LogP contribution in [0, 0.1) is 0 Å². The van der Waals surface area contributed by atoms with E-state index in [9.17, 15) is 0 Å². The molecule has 0 aliphatic rings. The summed E-state index contributed by atoms with van der Waals surface area (Å²) in [5.74, 6) is 0. The van der Waals surface area contributed by atoms with Gasteiger partial charge in [0, 0.05) is 22.1 Å². The molecule has 0 bridgehead atoms. The van der Waals surface area contributed by atoms with Gasteiger partial charge in [-0.05, 0) is 36.6 Å². The topological polar surface area (TPSA) is 12.0 Å². The van der Waals surface area contributed by atoms with E-state index in [4.69, 9.17) is 11.6 Å². The molecule has 0 radical (unpaired) electrons. The molecule has 2 rings (SSSR count). The number of hydrogen-bond donors (Lipinski definition) is 1. The summed E-state index contributed by atoms with van der Waals surface area (Å²) in [5.41, 5.74) is 2.46. The Bertz CT molecular complexity index is 542. The van der Waals surface area contributed by atoms with E-state index in [1.165, 1.54) is 11.1 Å². The van der Waals surface area contributed by atoms with Crippen LogP contribution in [0.25, 0.3) is 0 Å². The Morgan fingerprint density at radius 3 is 2.37 bits per heavy atom. The van der Waals surface area contributed by atoms with E-state index < -0.39 is 0 Å². The molecular formula is C16H17BrClN. The maximum Gasteiger partial charge on any atom is 0.0438 e. The second-order valence-corrected chi connectivity index (χ2v) is 5.93. The quantitative estimate of drug-likeness (QED) is 0.824. The Morgan fingerprint density at radius 1 is 1.05 bits per heavy atom. The first kappa shape index (κ1) is 14.6. The molecule has 0 aliphatic carbocycles. The first-order valence-corrected chi connectivity index (χ1v) is 7.54. The highest BCUT2D eigenvalue weighted by Crippen LogP contribution is 2.18. The molecule has 0 saturated heterocycles. The molecule has 3 heteroatoms. The predicted molar refractivity (Wildman–Crippen MR) is 85.6 cm³/mol. The summed E-state index contributed by atoms with van der Waals surface area (Å²) in [6.45, 7) is 3.03. The maximum absolute atomic E-state index is 6.18. The van der Waals surface area contributed by atoms with Crippen molar-refractivity contribution in [2.45, 2.75) is 25.9 Å². The molecule has 0 amide bonds. The van der Waals surface area contributed by atoms with Crippen LogP contribution in [-0.2, 0) is 13.0 Å². The van der Waals surface area contributed by atoms with Crippen molar-refractivity contribution in [1.29, 1.82) is 0 Å². The van der Waals surface area contributed by atoms with Crippen molar-refractivity contribution < 1.29 is 0 Å². The molecule has 0 heterocycles. The zero-order chi connectivity index (χ0) is 13.7. The van der Waals surface area contributed by atoms with E-state index in [0.29, 0.717) is 6.04 Å². The maximum atomic E-state index is 6.18. The third kappa shape index (κ3) is 4.34. The Kier molecular flexibility index (Phi) is 5.44. The van der Waals surface area contributed by atoms with Crippen molar-refractivity contribution in [3.63, 3.8) is 0 Å². The molecule has 0 fully saturated rings. The molecule has 1 atom stereocenters. The van der Waals surface area contributed by atoms with Gasteiger partial charge in [-0.3, -0.25) is 0 Å². The second kappa shape index (κ2) is 7.09. The first-order chi connectivity index (χ1) is 9.16. The summed E-state index contributed by atoms with van der Waals surface area (Å²) in [4.78, 5) is 0. The zero-order valence-corrected chi connectivity index (χ0v) is 13.2. The minimum absolute atomic E-state index is 0.381. The normalized spacial score (nSPS) is 12.4.